The number of aromatic nitrogens is 1. The third-order valence-corrected chi connectivity index (χ3v) is 6.67. The molecular formula is C27H37N3O2. The standard InChI is InChI=1S/C27H37N3O2/c1-19-13-20-15-26(5,18-27(14-19,16-20)30-24(31)32-25(2,3)4)29-22-11-12-23(28-17-22)21-9-7-6-8-10-21/h6-12,17,19-20,29H,13-16,18H2,1-5H3,(H,30,31). The molecule has 4 rings (SSSR count). The first-order chi connectivity index (χ1) is 15.0. The van der Waals surface area contributed by atoms with Crippen LogP contribution in [0.2, 0.25) is 0 Å². The number of pyridine rings is 1. The van der Waals surface area contributed by atoms with Crippen molar-refractivity contribution in [1.82, 2.24) is 10.3 Å². The summed E-state index contributed by atoms with van der Waals surface area (Å²) in [6.07, 6.45) is 6.82. The number of benzene rings is 1. The lowest BCUT2D eigenvalue weighted by Crippen LogP contribution is -2.62. The molecule has 0 spiro atoms. The summed E-state index contributed by atoms with van der Waals surface area (Å²) in [6, 6.07) is 14.4. The molecule has 1 aromatic carbocycles. The first kappa shape index (κ1) is 22.6. The number of hydrogen-bond acceptors (Lipinski definition) is 4. The molecule has 2 aliphatic carbocycles. The van der Waals surface area contributed by atoms with E-state index in [0.29, 0.717) is 11.8 Å². The van der Waals surface area contributed by atoms with Crippen molar-refractivity contribution < 1.29 is 9.53 Å². The van der Waals surface area contributed by atoms with Crippen molar-refractivity contribution in [2.75, 3.05) is 5.32 Å². The van der Waals surface area contributed by atoms with E-state index >= 15 is 0 Å². The Morgan fingerprint density at radius 1 is 1.09 bits per heavy atom. The molecule has 4 unspecified atom stereocenters. The highest BCUT2D eigenvalue weighted by molar-refractivity contribution is 5.69. The number of nitrogens with zero attached hydrogens (tertiary/aromatic N) is 1. The van der Waals surface area contributed by atoms with Crippen molar-refractivity contribution in [3.05, 3.63) is 48.7 Å². The molecule has 5 nitrogen and oxygen atoms in total. The maximum atomic E-state index is 12.7. The molecule has 32 heavy (non-hydrogen) atoms. The second-order valence-corrected chi connectivity index (χ2v) is 11.4. The van der Waals surface area contributed by atoms with Crippen LogP contribution in [0.15, 0.2) is 48.7 Å². The summed E-state index contributed by atoms with van der Waals surface area (Å²) in [5.41, 5.74) is 2.26. The molecule has 0 saturated heterocycles. The predicted octanol–water partition coefficient (Wildman–Crippen LogP) is 6.41. The number of hydrogen-bond donors (Lipinski definition) is 2. The average molecular weight is 436 g/mol. The summed E-state index contributed by atoms with van der Waals surface area (Å²) >= 11 is 0. The molecule has 2 N–H and O–H groups in total. The van der Waals surface area contributed by atoms with Gasteiger partial charge in [0.25, 0.3) is 0 Å². The van der Waals surface area contributed by atoms with Crippen LogP contribution in [0.1, 0.15) is 66.7 Å². The highest BCUT2D eigenvalue weighted by Gasteiger charge is 2.51. The zero-order valence-corrected chi connectivity index (χ0v) is 20.1. The summed E-state index contributed by atoms with van der Waals surface area (Å²) in [5, 5.41) is 7.08. The number of nitrogens with one attached hydrogen (secondary N) is 2. The molecule has 2 aromatic rings. The van der Waals surface area contributed by atoms with E-state index in [4.69, 9.17) is 4.74 Å². The largest absolute Gasteiger partial charge is 0.444 e. The van der Waals surface area contributed by atoms with Crippen LogP contribution in [0.3, 0.4) is 0 Å². The molecule has 1 heterocycles. The Morgan fingerprint density at radius 3 is 2.50 bits per heavy atom. The second-order valence-electron chi connectivity index (χ2n) is 11.4. The number of fused-ring (bicyclic) bond motifs is 2. The van der Waals surface area contributed by atoms with Gasteiger partial charge in [0.05, 0.1) is 17.6 Å². The molecule has 0 radical (unpaired) electrons. The third-order valence-electron chi connectivity index (χ3n) is 6.67. The topological polar surface area (TPSA) is 63.2 Å². The summed E-state index contributed by atoms with van der Waals surface area (Å²) in [5.74, 6) is 1.18. The molecule has 2 saturated carbocycles. The van der Waals surface area contributed by atoms with Gasteiger partial charge in [0, 0.05) is 16.6 Å². The number of alkyl carbamates (subject to hydrolysis) is 1. The van der Waals surface area contributed by atoms with Gasteiger partial charge in [0.2, 0.25) is 0 Å². The normalized spacial score (nSPS) is 29.8. The Kier molecular flexibility index (Phi) is 5.95. The van der Waals surface area contributed by atoms with E-state index in [9.17, 15) is 4.79 Å². The molecule has 2 fully saturated rings. The van der Waals surface area contributed by atoms with Gasteiger partial charge in [-0.1, -0.05) is 37.3 Å². The van der Waals surface area contributed by atoms with Gasteiger partial charge < -0.3 is 15.4 Å². The van der Waals surface area contributed by atoms with Crippen molar-refractivity contribution in [2.45, 2.75) is 83.4 Å². The Morgan fingerprint density at radius 2 is 1.84 bits per heavy atom. The summed E-state index contributed by atoms with van der Waals surface area (Å²) < 4.78 is 5.62. The molecule has 1 aromatic heterocycles. The highest BCUT2D eigenvalue weighted by atomic mass is 16.6. The fourth-order valence-corrected chi connectivity index (χ4v) is 6.15. The summed E-state index contributed by atoms with van der Waals surface area (Å²) in [7, 11) is 0. The number of rotatable bonds is 4. The summed E-state index contributed by atoms with van der Waals surface area (Å²) in [6.45, 7) is 10.3. The zero-order chi connectivity index (χ0) is 23.0. The van der Waals surface area contributed by atoms with E-state index in [1.807, 2.05) is 45.2 Å². The van der Waals surface area contributed by atoms with E-state index in [1.54, 1.807) is 0 Å². The summed E-state index contributed by atoms with van der Waals surface area (Å²) in [4.78, 5) is 17.4. The second kappa shape index (κ2) is 8.42. The number of ether oxygens (including phenoxy) is 1. The smallest absolute Gasteiger partial charge is 0.408 e. The molecule has 1 amide bonds. The van der Waals surface area contributed by atoms with Crippen LogP contribution < -0.4 is 10.6 Å². The van der Waals surface area contributed by atoms with Gasteiger partial charge in [-0.15, -0.1) is 0 Å². The SMILES string of the molecule is CC1CC2CC(C)(Nc3ccc(-c4ccccc4)nc3)CC(NC(=O)OC(C)(C)C)(C1)C2. The Labute approximate surface area is 192 Å². The number of amides is 1. The molecule has 0 aliphatic heterocycles. The van der Waals surface area contributed by atoms with Crippen molar-refractivity contribution >= 4 is 11.8 Å². The van der Waals surface area contributed by atoms with Crippen LogP contribution in [0.5, 0.6) is 0 Å². The van der Waals surface area contributed by atoms with Crippen LogP contribution in [0.25, 0.3) is 11.3 Å². The third kappa shape index (κ3) is 5.43. The zero-order valence-electron chi connectivity index (χ0n) is 20.1. The fraction of sp³-hybridized carbons (Fsp3) is 0.556. The number of carbonyl (C=O) groups excluding carboxylic acids is 1. The maximum absolute atomic E-state index is 12.7. The van der Waals surface area contributed by atoms with Crippen LogP contribution >= 0.6 is 0 Å². The van der Waals surface area contributed by atoms with Crippen molar-refractivity contribution in [2.24, 2.45) is 11.8 Å². The van der Waals surface area contributed by atoms with E-state index in [1.165, 1.54) is 6.42 Å². The Hall–Kier alpha value is -2.56. The average Bonchev–Trinajstić information content (AvgIpc) is 2.65. The van der Waals surface area contributed by atoms with Gasteiger partial charge in [-0.25, -0.2) is 4.79 Å². The van der Waals surface area contributed by atoms with E-state index in [-0.39, 0.29) is 17.2 Å². The Bertz CT molecular complexity index is 934. The maximum Gasteiger partial charge on any atom is 0.408 e. The predicted molar refractivity (Wildman–Crippen MR) is 130 cm³/mol. The van der Waals surface area contributed by atoms with Gasteiger partial charge in [-0.05, 0) is 83.8 Å². The van der Waals surface area contributed by atoms with Crippen LogP contribution in [-0.4, -0.2) is 27.8 Å². The monoisotopic (exact) mass is 435 g/mol. The van der Waals surface area contributed by atoms with Crippen molar-refractivity contribution in [1.29, 1.82) is 0 Å². The molecular weight excluding hydrogens is 398 g/mol. The first-order valence-electron chi connectivity index (χ1n) is 11.8. The minimum absolute atomic E-state index is 0.117. The first-order valence-corrected chi connectivity index (χ1v) is 11.8. The van der Waals surface area contributed by atoms with Gasteiger partial charge >= 0.3 is 6.09 Å². The van der Waals surface area contributed by atoms with Crippen molar-refractivity contribution in [3.8, 4) is 11.3 Å². The van der Waals surface area contributed by atoms with Gasteiger partial charge in [0.15, 0.2) is 0 Å². The van der Waals surface area contributed by atoms with Gasteiger partial charge in [0.1, 0.15) is 5.60 Å². The molecule has 5 heteroatoms. The van der Waals surface area contributed by atoms with E-state index < -0.39 is 5.60 Å². The van der Waals surface area contributed by atoms with Crippen LogP contribution in [0.4, 0.5) is 10.5 Å². The van der Waals surface area contributed by atoms with E-state index in [2.05, 4.69) is 53.7 Å². The lowest BCUT2D eigenvalue weighted by molar-refractivity contribution is 0.0168. The minimum atomic E-state index is -0.497. The van der Waals surface area contributed by atoms with Gasteiger partial charge in [-0.3, -0.25) is 4.98 Å². The minimum Gasteiger partial charge on any atom is -0.444 e. The lowest BCUT2D eigenvalue weighted by atomic mass is 9.58. The molecule has 2 aliphatic rings. The lowest BCUT2D eigenvalue weighted by Gasteiger charge is -2.54. The molecule has 172 valence electrons. The number of carbonyl (C=O) groups is 1. The molecule has 4 atom stereocenters. The van der Waals surface area contributed by atoms with Gasteiger partial charge in [-0.2, -0.15) is 0 Å². The van der Waals surface area contributed by atoms with E-state index in [0.717, 1.165) is 42.6 Å². The van der Waals surface area contributed by atoms with Crippen LogP contribution in [0, 0.1) is 11.8 Å². The fourth-order valence-electron chi connectivity index (χ4n) is 6.15. The highest BCUT2D eigenvalue weighted by Crippen LogP contribution is 2.50. The Balaban J connectivity index is 1.51. The van der Waals surface area contributed by atoms with Crippen molar-refractivity contribution in [3.63, 3.8) is 0 Å². The quantitative estimate of drug-likeness (QED) is 0.582. The van der Waals surface area contributed by atoms with Crippen LogP contribution in [-0.2, 0) is 4.74 Å². The number of anilines is 1. The molecule has 2 bridgehead atoms.